The van der Waals surface area contributed by atoms with Gasteiger partial charge in [-0.1, -0.05) is 19.9 Å². The van der Waals surface area contributed by atoms with Gasteiger partial charge >= 0.3 is 0 Å². The van der Waals surface area contributed by atoms with Crippen LogP contribution in [0.25, 0.3) is 0 Å². The van der Waals surface area contributed by atoms with E-state index < -0.39 is 0 Å². The number of carbonyl (C=O) groups excluding carboxylic acids is 1. The van der Waals surface area contributed by atoms with E-state index in [2.05, 4.69) is 18.7 Å². The van der Waals surface area contributed by atoms with Crippen molar-refractivity contribution in [2.75, 3.05) is 32.7 Å². The molecule has 0 atom stereocenters. The molecule has 0 aliphatic carbocycles. The highest BCUT2D eigenvalue weighted by Gasteiger charge is 2.49. The molecule has 0 saturated carbocycles. The Hall–Kier alpha value is -1.62. The lowest BCUT2D eigenvalue weighted by atomic mass is 9.79. The average molecular weight is 303 g/mol. The number of carbonyl (C=O) groups is 1. The predicted molar refractivity (Wildman–Crippen MR) is 85.9 cm³/mol. The molecule has 3 rings (SSSR count). The second kappa shape index (κ2) is 5.54. The van der Waals surface area contributed by atoms with Crippen LogP contribution in [-0.4, -0.2) is 53.0 Å². The van der Waals surface area contributed by atoms with Crippen molar-refractivity contribution in [1.82, 2.24) is 14.4 Å². The second-order valence-electron chi connectivity index (χ2n) is 7.35. The molecule has 0 aromatic carbocycles. The van der Waals surface area contributed by atoms with Gasteiger partial charge in [-0.15, -0.1) is 0 Å². The summed E-state index contributed by atoms with van der Waals surface area (Å²) in [4.78, 5) is 28.6. The fourth-order valence-electron chi connectivity index (χ4n) is 3.81. The zero-order chi connectivity index (χ0) is 15.9. The van der Waals surface area contributed by atoms with Crippen LogP contribution in [0.1, 0.15) is 30.8 Å². The highest BCUT2D eigenvalue weighted by atomic mass is 16.2. The summed E-state index contributed by atoms with van der Waals surface area (Å²) < 4.78 is 1.44. The Morgan fingerprint density at radius 3 is 2.68 bits per heavy atom. The lowest BCUT2D eigenvalue weighted by molar-refractivity contribution is 0.00941. The summed E-state index contributed by atoms with van der Waals surface area (Å²) >= 11 is 0. The first-order valence-corrected chi connectivity index (χ1v) is 8.08. The third-order valence-electron chi connectivity index (χ3n) is 4.88. The van der Waals surface area contributed by atoms with Crippen LogP contribution < -0.4 is 5.56 Å². The first-order valence-electron chi connectivity index (χ1n) is 8.08. The maximum atomic E-state index is 12.6. The molecule has 0 radical (unpaired) electrons. The number of hydrogen-bond acceptors (Lipinski definition) is 3. The van der Waals surface area contributed by atoms with Gasteiger partial charge in [0.05, 0.1) is 0 Å². The molecule has 2 fully saturated rings. The van der Waals surface area contributed by atoms with Gasteiger partial charge in [0.25, 0.3) is 11.5 Å². The molecule has 0 bridgehead atoms. The fraction of sp³-hybridized carbons (Fsp3) is 0.647. The van der Waals surface area contributed by atoms with Crippen molar-refractivity contribution >= 4 is 5.91 Å². The molecule has 0 unspecified atom stereocenters. The minimum Gasteiger partial charge on any atom is -0.336 e. The topological polar surface area (TPSA) is 45.6 Å². The minimum absolute atomic E-state index is 0.0202. The Morgan fingerprint density at radius 1 is 1.27 bits per heavy atom. The maximum Gasteiger partial charge on any atom is 0.270 e. The van der Waals surface area contributed by atoms with Crippen molar-refractivity contribution in [3.63, 3.8) is 0 Å². The molecule has 1 spiro atoms. The number of aromatic nitrogens is 1. The Morgan fingerprint density at radius 2 is 2.00 bits per heavy atom. The molecular weight excluding hydrogens is 278 g/mol. The summed E-state index contributed by atoms with van der Waals surface area (Å²) in [6.07, 6.45) is 1.18. The van der Waals surface area contributed by atoms with Crippen LogP contribution in [-0.2, 0) is 7.05 Å². The molecule has 1 amide bonds. The Balaban J connectivity index is 1.63. The quantitative estimate of drug-likeness (QED) is 0.842. The van der Waals surface area contributed by atoms with E-state index in [0.717, 1.165) is 32.7 Å². The molecule has 5 heteroatoms. The van der Waals surface area contributed by atoms with Crippen LogP contribution in [0.2, 0.25) is 0 Å². The van der Waals surface area contributed by atoms with Gasteiger partial charge < -0.3 is 14.4 Å². The van der Waals surface area contributed by atoms with Crippen molar-refractivity contribution in [2.45, 2.75) is 20.3 Å². The summed E-state index contributed by atoms with van der Waals surface area (Å²) in [5.41, 5.74) is 0.641. The van der Waals surface area contributed by atoms with Gasteiger partial charge in [-0.2, -0.15) is 0 Å². The third-order valence-corrected chi connectivity index (χ3v) is 4.88. The molecule has 22 heavy (non-hydrogen) atoms. The lowest BCUT2D eigenvalue weighted by Crippen LogP contribution is -2.60. The molecule has 3 heterocycles. The normalized spacial score (nSPS) is 20.6. The van der Waals surface area contributed by atoms with Crippen LogP contribution in [0, 0.1) is 11.3 Å². The van der Waals surface area contributed by atoms with E-state index in [4.69, 9.17) is 0 Å². The third kappa shape index (κ3) is 2.70. The predicted octanol–water partition coefficient (Wildman–Crippen LogP) is 1.19. The summed E-state index contributed by atoms with van der Waals surface area (Å²) in [6.45, 7) is 9.53. The van der Waals surface area contributed by atoms with Crippen molar-refractivity contribution in [3.05, 3.63) is 34.2 Å². The van der Waals surface area contributed by atoms with Gasteiger partial charge in [-0.05, 0) is 24.9 Å². The summed E-state index contributed by atoms with van der Waals surface area (Å²) in [7, 11) is 1.66. The number of nitrogens with zero attached hydrogens (tertiary/aromatic N) is 3. The van der Waals surface area contributed by atoms with E-state index in [0.29, 0.717) is 11.6 Å². The Kier molecular flexibility index (Phi) is 3.85. The van der Waals surface area contributed by atoms with E-state index >= 15 is 0 Å². The van der Waals surface area contributed by atoms with E-state index in [-0.39, 0.29) is 16.9 Å². The SMILES string of the molecule is CC(C)CN1CCC2(C1)CN(C(=O)c1cccc(=O)n1C)C2. The first-order chi connectivity index (χ1) is 10.4. The van der Waals surface area contributed by atoms with Gasteiger partial charge in [0.2, 0.25) is 0 Å². The number of rotatable bonds is 3. The van der Waals surface area contributed by atoms with Crippen LogP contribution in [0.15, 0.2) is 23.0 Å². The van der Waals surface area contributed by atoms with Crippen molar-refractivity contribution in [1.29, 1.82) is 0 Å². The van der Waals surface area contributed by atoms with E-state index in [1.165, 1.54) is 17.1 Å². The van der Waals surface area contributed by atoms with Gasteiger partial charge in [-0.3, -0.25) is 9.59 Å². The Labute approximate surface area is 131 Å². The summed E-state index contributed by atoms with van der Waals surface area (Å²) in [5.74, 6) is 0.667. The van der Waals surface area contributed by atoms with E-state index in [1.54, 1.807) is 19.2 Å². The van der Waals surface area contributed by atoms with Crippen LogP contribution >= 0.6 is 0 Å². The monoisotopic (exact) mass is 303 g/mol. The highest BCUT2D eigenvalue weighted by Crippen LogP contribution is 2.40. The van der Waals surface area contributed by atoms with Gasteiger partial charge in [0.15, 0.2) is 0 Å². The molecule has 1 aromatic heterocycles. The molecule has 0 N–H and O–H groups in total. The van der Waals surface area contributed by atoms with Gasteiger partial charge in [0, 0.05) is 44.7 Å². The van der Waals surface area contributed by atoms with E-state index in [9.17, 15) is 9.59 Å². The Bertz CT molecular complexity index is 629. The van der Waals surface area contributed by atoms with Gasteiger partial charge in [0.1, 0.15) is 5.69 Å². The molecule has 2 saturated heterocycles. The average Bonchev–Trinajstić information content (AvgIpc) is 2.83. The summed E-state index contributed by atoms with van der Waals surface area (Å²) in [6, 6.07) is 4.87. The van der Waals surface area contributed by atoms with Gasteiger partial charge in [-0.25, -0.2) is 0 Å². The zero-order valence-corrected chi connectivity index (χ0v) is 13.7. The number of pyridine rings is 1. The minimum atomic E-state index is -0.134. The molecule has 2 aliphatic rings. The van der Waals surface area contributed by atoms with Crippen LogP contribution in [0.5, 0.6) is 0 Å². The number of hydrogen-bond donors (Lipinski definition) is 0. The van der Waals surface area contributed by atoms with Crippen molar-refractivity contribution in [3.8, 4) is 0 Å². The second-order valence-corrected chi connectivity index (χ2v) is 7.35. The molecular formula is C17H25N3O2. The molecule has 120 valence electrons. The van der Waals surface area contributed by atoms with Crippen molar-refractivity contribution in [2.24, 2.45) is 18.4 Å². The maximum absolute atomic E-state index is 12.6. The molecule has 1 aromatic rings. The number of amides is 1. The van der Waals surface area contributed by atoms with Crippen molar-refractivity contribution < 1.29 is 4.79 Å². The lowest BCUT2D eigenvalue weighted by Gasteiger charge is -2.48. The fourth-order valence-corrected chi connectivity index (χ4v) is 3.81. The molecule has 2 aliphatic heterocycles. The highest BCUT2D eigenvalue weighted by molar-refractivity contribution is 5.93. The number of likely N-dealkylation sites (tertiary alicyclic amines) is 2. The smallest absolute Gasteiger partial charge is 0.270 e. The first kappa shape index (κ1) is 15.3. The molecule has 5 nitrogen and oxygen atoms in total. The van der Waals surface area contributed by atoms with Crippen LogP contribution in [0.3, 0.4) is 0 Å². The summed E-state index contributed by atoms with van der Waals surface area (Å²) in [5, 5.41) is 0. The van der Waals surface area contributed by atoms with E-state index in [1.807, 2.05) is 4.90 Å². The largest absolute Gasteiger partial charge is 0.336 e. The standard InChI is InChI=1S/C17H25N3O2/c1-13(2)9-19-8-7-17(10-19)11-20(12-17)16(22)14-5-4-6-15(21)18(14)3/h4-6,13H,7-12H2,1-3H3. The van der Waals surface area contributed by atoms with Crippen LogP contribution in [0.4, 0.5) is 0 Å². The zero-order valence-electron chi connectivity index (χ0n) is 13.7.